The quantitative estimate of drug-likeness (QED) is 0.422. The summed E-state index contributed by atoms with van der Waals surface area (Å²) in [5.74, 6) is 0.466. The number of nitrogens with one attached hydrogen (secondary N) is 2. The highest BCUT2D eigenvalue weighted by atomic mass is 32.1. The Hall–Kier alpha value is -3.38. The number of hydrogen-bond donors (Lipinski definition) is 2. The van der Waals surface area contributed by atoms with Crippen LogP contribution >= 0.6 is 11.3 Å². The molecule has 6 heteroatoms. The van der Waals surface area contributed by atoms with Crippen molar-refractivity contribution in [3.05, 3.63) is 82.9 Å². The molecule has 0 saturated carbocycles. The average molecular weight is 418 g/mol. The minimum absolute atomic E-state index is 0.161. The van der Waals surface area contributed by atoms with Crippen LogP contribution in [0.4, 0.5) is 11.4 Å². The number of ether oxygens (including phenoxy) is 1. The molecule has 1 atom stereocenters. The molecule has 2 N–H and O–H groups in total. The zero-order chi connectivity index (χ0) is 21.1. The van der Waals surface area contributed by atoms with Crippen LogP contribution in [-0.2, 0) is 4.79 Å². The molecule has 0 aliphatic carbocycles. The summed E-state index contributed by atoms with van der Waals surface area (Å²) in [4.78, 5) is 17.8. The molecule has 0 aliphatic rings. The molecule has 4 rings (SSSR count). The molecule has 1 heterocycles. The third kappa shape index (κ3) is 4.28. The number of methoxy groups -OCH3 is 1. The fourth-order valence-electron chi connectivity index (χ4n) is 3.37. The number of hydrogen-bond acceptors (Lipinski definition) is 5. The van der Waals surface area contributed by atoms with Gasteiger partial charge in [0.25, 0.3) is 5.91 Å². The molecule has 3 aromatic carbocycles. The first-order chi connectivity index (χ1) is 14.5. The van der Waals surface area contributed by atoms with Crippen molar-refractivity contribution in [1.82, 2.24) is 4.98 Å². The summed E-state index contributed by atoms with van der Waals surface area (Å²) in [6.45, 7) is 3.97. The van der Waals surface area contributed by atoms with Gasteiger partial charge in [0.15, 0.2) is 0 Å². The molecule has 0 spiro atoms. The summed E-state index contributed by atoms with van der Waals surface area (Å²) < 4.78 is 6.50. The van der Waals surface area contributed by atoms with E-state index in [4.69, 9.17) is 4.74 Å². The van der Waals surface area contributed by atoms with Crippen LogP contribution in [0, 0.1) is 13.8 Å². The topological polar surface area (TPSA) is 63.2 Å². The van der Waals surface area contributed by atoms with Crippen molar-refractivity contribution in [1.29, 1.82) is 0 Å². The highest BCUT2D eigenvalue weighted by Crippen LogP contribution is 2.30. The number of aryl methyl sites for hydroxylation is 2. The van der Waals surface area contributed by atoms with E-state index in [0.717, 1.165) is 32.0 Å². The van der Waals surface area contributed by atoms with Crippen LogP contribution in [0.1, 0.15) is 22.2 Å². The van der Waals surface area contributed by atoms with Crippen LogP contribution < -0.4 is 15.4 Å². The molecule has 1 amide bonds. The van der Waals surface area contributed by atoms with E-state index in [1.165, 1.54) is 0 Å². The van der Waals surface area contributed by atoms with Crippen molar-refractivity contribution >= 4 is 38.8 Å². The van der Waals surface area contributed by atoms with Gasteiger partial charge in [-0.1, -0.05) is 36.4 Å². The summed E-state index contributed by atoms with van der Waals surface area (Å²) in [6, 6.07) is 20.8. The van der Waals surface area contributed by atoms with Gasteiger partial charge in [-0.25, -0.2) is 4.98 Å². The molecule has 0 aliphatic heterocycles. The highest BCUT2D eigenvalue weighted by molar-refractivity contribution is 7.18. The van der Waals surface area contributed by atoms with Crippen molar-refractivity contribution in [2.75, 3.05) is 17.7 Å². The molecular weight excluding hydrogens is 394 g/mol. The zero-order valence-electron chi connectivity index (χ0n) is 17.1. The maximum Gasteiger partial charge on any atom is 0.251 e. The lowest BCUT2D eigenvalue weighted by Crippen LogP contribution is -2.27. The van der Waals surface area contributed by atoms with Crippen LogP contribution in [0.5, 0.6) is 5.75 Å². The van der Waals surface area contributed by atoms with Gasteiger partial charge in [-0.15, -0.1) is 11.3 Å². The zero-order valence-corrected chi connectivity index (χ0v) is 17.9. The summed E-state index contributed by atoms with van der Waals surface area (Å²) in [6.07, 6.45) is 0. The number of benzene rings is 3. The van der Waals surface area contributed by atoms with Gasteiger partial charge in [0, 0.05) is 5.69 Å². The molecule has 4 aromatic rings. The largest absolute Gasteiger partial charge is 0.495 e. The molecular formula is C24H23N3O2S. The molecule has 0 fully saturated rings. The van der Waals surface area contributed by atoms with E-state index in [2.05, 4.69) is 15.6 Å². The smallest absolute Gasteiger partial charge is 0.251 e. The van der Waals surface area contributed by atoms with Crippen LogP contribution in [-0.4, -0.2) is 18.0 Å². The number of amides is 1. The first kappa shape index (κ1) is 19.9. The summed E-state index contributed by atoms with van der Waals surface area (Å²) in [5.41, 5.74) is 4.40. The molecule has 152 valence electrons. The summed E-state index contributed by atoms with van der Waals surface area (Å²) >= 11 is 1.64. The fourth-order valence-corrected chi connectivity index (χ4v) is 4.23. The Labute approximate surface area is 179 Å². The van der Waals surface area contributed by atoms with E-state index in [9.17, 15) is 4.79 Å². The molecule has 5 nitrogen and oxygen atoms in total. The number of carbonyl (C=O) groups excluding carboxylic acids is 1. The van der Waals surface area contributed by atoms with E-state index < -0.39 is 6.04 Å². The summed E-state index contributed by atoms with van der Waals surface area (Å²) in [7, 11) is 1.60. The van der Waals surface area contributed by atoms with E-state index in [-0.39, 0.29) is 5.91 Å². The van der Waals surface area contributed by atoms with Gasteiger partial charge in [0.05, 0.1) is 28.0 Å². The van der Waals surface area contributed by atoms with E-state index in [0.29, 0.717) is 11.4 Å². The molecule has 0 bridgehead atoms. The minimum Gasteiger partial charge on any atom is -0.495 e. The van der Waals surface area contributed by atoms with Gasteiger partial charge in [0.1, 0.15) is 11.8 Å². The molecule has 0 radical (unpaired) electrons. The fraction of sp³-hybridized carbons (Fsp3) is 0.167. The van der Waals surface area contributed by atoms with E-state index in [1.54, 1.807) is 18.4 Å². The number of rotatable bonds is 6. The lowest BCUT2D eigenvalue weighted by Gasteiger charge is -2.21. The van der Waals surface area contributed by atoms with Crippen LogP contribution in [0.25, 0.3) is 10.2 Å². The predicted octanol–water partition coefficient (Wildman–Crippen LogP) is 5.71. The summed E-state index contributed by atoms with van der Waals surface area (Å²) in [5, 5.41) is 7.44. The van der Waals surface area contributed by atoms with Gasteiger partial charge < -0.3 is 15.4 Å². The number of carbonyl (C=O) groups is 1. The van der Waals surface area contributed by atoms with Gasteiger partial charge in [-0.2, -0.15) is 0 Å². The molecule has 1 aromatic heterocycles. The van der Waals surface area contributed by atoms with Gasteiger partial charge in [0.2, 0.25) is 0 Å². The molecule has 30 heavy (non-hydrogen) atoms. The third-order valence-corrected chi connectivity index (χ3v) is 5.75. The number of thiazole rings is 1. The monoisotopic (exact) mass is 417 g/mol. The van der Waals surface area contributed by atoms with Crippen molar-refractivity contribution in [3.8, 4) is 5.75 Å². The molecule has 0 saturated heterocycles. The predicted molar refractivity (Wildman–Crippen MR) is 124 cm³/mol. The first-order valence-corrected chi connectivity index (χ1v) is 10.5. The standard InChI is InChI=1S/C24H23N3O2S/c1-15-9-12-21(29-3)20(13-15)27-24(28)23(17-7-5-4-6-8-17)26-18-10-11-19-22(14-18)30-16(2)25-19/h4-14,23,26H,1-3H3,(H,27,28)/t23-/m1/s1. The van der Waals surface area contributed by atoms with E-state index in [1.807, 2.05) is 80.6 Å². The van der Waals surface area contributed by atoms with Gasteiger partial charge in [-0.3, -0.25) is 4.79 Å². The second-order valence-electron chi connectivity index (χ2n) is 7.10. The Morgan fingerprint density at radius 3 is 2.60 bits per heavy atom. The van der Waals surface area contributed by atoms with E-state index >= 15 is 0 Å². The average Bonchev–Trinajstić information content (AvgIpc) is 3.12. The van der Waals surface area contributed by atoms with Crippen LogP contribution in [0.2, 0.25) is 0 Å². The Morgan fingerprint density at radius 1 is 1.03 bits per heavy atom. The third-order valence-electron chi connectivity index (χ3n) is 4.81. The lowest BCUT2D eigenvalue weighted by molar-refractivity contribution is -0.117. The van der Waals surface area contributed by atoms with Crippen LogP contribution in [0.3, 0.4) is 0 Å². The number of anilines is 2. The minimum atomic E-state index is -0.567. The second-order valence-corrected chi connectivity index (χ2v) is 8.33. The highest BCUT2D eigenvalue weighted by Gasteiger charge is 2.22. The normalized spacial score (nSPS) is 11.8. The SMILES string of the molecule is COc1ccc(C)cc1NC(=O)[C@H](Nc1ccc2nc(C)sc2c1)c1ccccc1. The van der Waals surface area contributed by atoms with Crippen molar-refractivity contribution in [3.63, 3.8) is 0 Å². The Kier molecular flexibility index (Phi) is 5.68. The number of fused-ring (bicyclic) bond motifs is 1. The Morgan fingerprint density at radius 2 is 1.83 bits per heavy atom. The maximum absolute atomic E-state index is 13.3. The molecule has 0 unspecified atom stereocenters. The van der Waals surface area contributed by atoms with Gasteiger partial charge in [-0.05, 0) is 55.3 Å². The number of nitrogens with zero attached hydrogens (tertiary/aromatic N) is 1. The second kappa shape index (κ2) is 8.55. The first-order valence-electron chi connectivity index (χ1n) is 9.67. The van der Waals surface area contributed by atoms with Gasteiger partial charge >= 0.3 is 0 Å². The maximum atomic E-state index is 13.3. The van der Waals surface area contributed by atoms with Crippen molar-refractivity contribution < 1.29 is 9.53 Å². The van der Waals surface area contributed by atoms with Crippen LogP contribution in [0.15, 0.2) is 66.7 Å². The lowest BCUT2D eigenvalue weighted by atomic mass is 10.1. The van der Waals surface area contributed by atoms with Crippen molar-refractivity contribution in [2.45, 2.75) is 19.9 Å². The van der Waals surface area contributed by atoms with Crippen molar-refractivity contribution in [2.24, 2.45) is 0 Å². The Bertz CT molecular complexity index is 1190. The Balaban J connectivity index is 1.65. The number of aromatic nitrogens is 1.